The van der Waals surface area contributed by atoms with Crippen LogP contribution in [0.5, 0.6) is 0 Å². The molecule has 0 aromatic heterocycles. The minimum absolute atomic E-state index is 0.0205. The summed E-state index contributed by atoms with van der Waals surface area (Å²) in [6.07, 6.45) is -0.775. The second-order valence-corrected chi connectivity index (χ2v) is 10.8. The predicted molar refractivity (Wildman–Crippen MR) is 138 cm³/mol. The number of aliphatic hydroxyl groups is 1. The highest BCUT2D eigenvalue weighted by molar-refractivity contribution is 7.89. The van der Waals surface area contributed by atoms with Gasteiger partial charge < -0.3 is 21.5 Å². The van der Waals surface area contributed by atoms with Gasteiger partial charge in [0.25, 0.3) is 0 Å². The Bertz CT molecular complexity index is 1310. The Morgan fingerprint density at radius 2 is 1.61 bits per heavy atom. The molecule has 0 aliphatic rings. The molecule has 0 saturated carbocycles. The maximum Gasteiger partial charge on any atom is 0.243 e. The molecule has 3 rings (SSSR count). The summed E-state index contributed by atoms with van der Waals surface area (Å²) in [6, 6.07) is 20.2. The number of benzene rings is 3. The van der Waals surface area contributed by atoms with Crippen LogP contribution in [0.25, 0.3) is 10.8 Å². The summed E-state index contributed by atoms with van der Waals surface area (Å²) >= 11 is 0. The third-order valence-electron chi connectivity index (χ3n) is 5.67. The molecule has 36 heavy (non-hydrogen) atoms. The summed E-state index contributed by atoms with van der Waals surface area (Å²) < 4.78 is 28.0. The average molecular weight is 513 g/mol. The van der Waals surface area contributed by atoms with E-state index < -0.39 is 39.5 Å². The molecule has 0 heterocycles. The summed E-state index contributed by atoms with van der Waals surface area (Å²) in [7, 11) is -3.99. The molecule has 1 unspecified atom stereocenters. The van der Waals surface area contributed by atoms with Crippen molar-refractivity contribution in [1.82, 2.24) is 15.4 Å². The SMILES string of the molecule is CC(C)(NS(=O)(=O)c1ccccc1)C(=O)N[C@H](Cc1ccc2ccccc2c1)C(=O)NCC(O)CN. The first-order valence-corrected chi connectivity index (χ1v) is 13.0. The molecule has 0 saturated heterocycles. The van der Waals surface area contributed by atoms with Crippen LogP contribution in [0.3, 0.4) is 0 Å². The first kappa shape index (κ1) is 27.3. The Hall–Kier alpha value is -3.31. The third kappa shape index (κ3) is 7.11. The van der Waals surface area contributed by atoms with Crippen molar-refractivity contribution in [1.29, 1.82) is 0 Å². The van der Waals surface area contributed by atoms with Gasteiger partial charge in [-0.15, -0.1) is 0 Å². The number of carbonyl (C=O) groups excluding carboxylic acids is 2. The van der Waals surface area contributed by atoms with E-state index in [1.807, 2.05) is 42.5 Å². The molecule has 10 heteroatoms. The lowest BCUT2D eigenvalue weighted by Gasteiger charge is -2.28. The minimum Gasteiger partial charge on any atom is -0.390 e. The molecular formula is C26H32N4O5S. The highest BCUT2D eigenvalue weighted by atomic mass is 32.2. The minimum atomic E-state index is -3.99. The summed E-state index contributed by atoms with van der Waals surface area (Å²) in [6.45, 7) is 2.73. The zero-order valence-electron chi connectivity index (χ0n) is 20.3. The third-order valence-corrected chi connectivity index (χ3v) is 7.34. The highest BCUT2D eigenvalue weighted by Gasteiger charge is 2.35. The van der Waals surface area contributed by atoms with Gasteiger partial charge in [0.15, 0.2) is 0 Å². The predicted octanol–water partition coefficient (Wildman–Crippen LogP) is 1.06. The van der Waals surface area contributed by atoms with Crippen molar-refractivity contribution >= 4 is 32.6 Å². The van der Waals surface area contributed by atoms with E-state index >= 15 is 0 Å². The van der Waals surface area contributed by atoms with Crippen LogP contribution < -0.4 is 21.1 Å². The van der Waals surface area contributed by atoms with Crippen molar-refractivity contribution in [2.75, 3.05) is 13.1 Å². The van der Waals surface area contributed by atoms with Gasteiger partial charge in [0.05, 0.1) is 11.0 Å². The Morgan fingerprint density at radius 1 is 0.972 bits per heavy atom. The number of carbonyl (C=O) groups is 2. The maximum absolute atomic E-state index is 13.2. The van der Waals surface area contributed by atoms with Crippen LogP contribution in [0.2, 0.25) is 0 Å². The summed E-state index contributed by atoms with van der Waals surface area (Å²) in [4.78, 5) is 26.2. The number of aliphatic hydroxyl groups excluding tert-OH is 1. The van der Waals surface area contributed by atoms with Crippen molar-refractivity contribution in [2.45, 2.75) is 42.8 Å². The van der Waals surface area contributed by atoms with Crippen molar-refractivity contribution in [3.05, 3.63) is 78.4 Å². The van der Waals surface area contributed by atoms with E-state index in [2.05, 4.69) is 15.4 Å². The number of amides is 2. The van der Waals surface area contributed by atoms with E-state index in [4.69, 9.17) is 5.73 Å². The Balaban J connectivity index is 1.80. The first-order valence-electron chi connectivity index (χ1n) is 11.6. The van der Waals surface area contributed by atoms with Crippen LogP contribution in [0.4, 0.5) is 0 Å². The van der Waals surface area contributed by atoms with E-state index in [1.54, 1.807) is 18.2 Å². The van der Waals surface area contributed by atoms with Gasteiger partial charge in [0, 0.05) is 19.5 Å². The van der Waals surface area contributed by atoms with E-state index in [-0.39, 0.29) is 24.4 Å². The van der Waals surface area contributed by atoms with Gasteiger partial charge >= 0.3 is 0 Å². The van der Waals surface area contributed by atoms with E-state index in [9.17, 15) is 23.1 Å². The van der Waals surface area contributed by atoms with E-state index in [0.717, 1.165) is 16.3 Å². The van der Waals surface area contributed by atoms with Crippen molar-refractivity contribution < 1.29 is 23.1 Å². The molecule has 2 atom stereocenters. The van der Waals surface area contributed by atoms with Crippen LogP contribution in [-0.4, -0.2) is 56.1 Å². The summed E-state index contributed by atoms with van der Waals surface area (Å²) in [5.74, 6) is -1.20. The fraction of sp³-hybridized carbons (Fsp3) is 0.308. The lowest BCUT2D eigenvalue weighted by Crippen LogP contribution is -2.59. The first-order chi connectivity index (χ1) is 17.0. The number of nitrogens with one attached hydrogen (secondary N) is 3. The number of nitrogens with two attached hydrogens (primary N) is 1. The summed E-state index contributed by atoms with van der Waals surface area (Å²) in [5.41, 5.74) is 4.66. The number of hydrogen-bond acceptors (Lipinski definition) is 6. The van der Waals surface area contributed by atoms with Gasteiger partial charge in [-0.25, -0.2) is 8.42 Å². The van der Waals surface area contributed by atoms with Gasteiger partial charge in [-0.2, -0.15) is 4.72 Å². The Labute approximate surface area is 211 Å². The fourth-order valence-corrected chi connectivity index (χ4v) is 5.01. The largest absolute Gasteiger partial charge is 0.390 e. The smallest absolute Gasteiger partial charge is 0.243 e. The Kier molecular flexibility index (Phi) is 8.80. The molecule has 0 radical (unpaired) electrons. The molecule has 3 aromatic carbocycles. The normalized spacial score (nSPS) is 13.7. The van der Waals surface area contributed by atoms with Gasteiger partial charge in [-0.1, -0.05) is 60.7 Å². The topological polar surface area (TPSA) is 151 Å². The lowest BCUT2D eigenvalue weighted by molar-refractivity contribution is -0.131. The molecule has 3 aromatic rings. The second kappa shape index (κ2) is 11.6. The average Bonchev–Trinajstić information content (AvgIpc) is 2.86. The molecule has 6 N–H and O–H groups in total. The van der Waals surface area contributed by atoms with Crippen molar-refractivity contribution in [2.24, 2.45) is 5.73 Å². The zero-order chi connectivity index (χ0) is 26.3. The second-order valence-electron chi connectivity index (χ2n) is 9.09. The Morgan fingerprint density at radius 3 is 2.28 bits per heavy atom. The molecule has 0 bridgehead atoms. The molecule has 2 amide bonds. The molecule has 0 spiro atoms. The number of rotatable bonds is 11. The summed E-state index contributed by atoms with van der Waals surface area (Å²) in [5, 5.41) is 17.0. The molecule has 0 aliphatic carbocycles. The maximum atomic E-state index is 13.2. The van der Waals surface area contributed by atoms with E-state index in [0.29, 0.717) is 0 Å². The van der Waals surface area contributed by atoms with Crippen LogP contribution >= 0.6 is 0 Å². The lowest BCUT2D eigenvalue weighted by atomic mass is 9.99. The molecule has 192 valence electrons. The quantitative estimate of drug-likeness (QED) is 0.259. The van der Waals surface area contributed by atoms with Crippen LogP contribution in [0, 0.1) is 0 Å². The number of sulfonamides is 1. The zero-order valence-corrected chi connectivity index (χ0v) is 21.1. The molecular weight excluding hydrogens is 480 g/mol. The highest BCUT2D eigenvalue weighted by Crippen LogP contribution is 2.18. The standard InChI is InChI=1S/C26H32N4O5S/c1-26(2,30-36(34,35)22-10-4-3-5-11-22)25(33)29-23(24(32)28-17-21(31)16-27)15-18-12-13-19-8-6-7-9-20(19)14-18/h3-14,21,23,30-31H,15-17,27H2,1-2H3,(H,28,32)(H,29,33)/t21?,23-/m1/s1. The van der Waals surface area contributed by atoms with Crippen LogP contribution in [0.15, 0.2) is 77.7 Å². The molecule has 9 nitrogen and oxygen atoms in total. The van der Waals surface area contributed by atoms with Crippen molar-refractivity contribution in [3.63, 3.8) is 0 Å². The van der Waals surface area contributed by atoms with E-state index in [1.165, 1.54) is 26.0 Å². The van der Waals surface area contributed by atoms with Gasteiger partial charge in [-0.05, 0) is 42.3 Å². The molecule has 0 fully saturated rings. The van der Waals surface area contributed by atoms with Crippen LogP contribution in [-0.2, 0) is 26.0 Å². The molecule has 0 aliphatic heterocycles. The van der Waals surface area contributed by atoms with Gasteiger partial charge in [0.2, 0.25) is 21.8 Å². The number of hydrogen-bond donors (Lipinski definition) is 5. The van der Waals surface area contributed by atoms with Crippen molar-refractivity contribution in [3.8, 4) is 0 Å². The fourth-order valence-electron chi connectivity index (χ4n) is 3.62. The monoisotopic (exact) mass is 512 g/mol. The van der Waals surface area contributed by atoms with Gasteiger partial charge in [0.1, 0.15) is 11.6 Å². The van der Waals surface area contributed by atoms with Crippen LogP contribution in [0.1, 0.15) is 19.4 Å². The van der Waals surface area contributed by atoms with Gasteiger partial charge in [-0.3, -0.25) is 9.59 Å². The number of fused-ring (bicyclic) bond motifs is 1.